The molecule has 0 saturated heterocycles. The van der Waals surface area contributed by atoms with Crippen LogP contribution in [0.3, 0.4) is 0 Å². The molecule has 0 aliphatic heterocycles. The van der Waals surface area contributed by atoms with Gasteiger partial charge in [0.25, 0.3) is 11.8 Å². The molecule has 2 heterocycles. The minimum atomic E-state index is -0.159. The summed E-state index contributed by atoms with van der Waals surface area (Å²) in [5.74, 6) is 0.821. The Hall–Kier alpha value is -3.34. The molecule has 2 aromatic heterocycles. The number of furan rings is 1. The van der Waals surface area contributed by atoms with Gasteiger partial charge in [-0.3, -0.25) is 4.79 Å². The Morgan fingerprint density at radius 2 is 2.00 bits per heavy atom. The fourth-order valence-corrected chi connectivity index (χ4v) is 2.50. The van der Waals surface area contributed by atoms with Crippen molar-refractivity contribution in [1.82, 2.24) is 4.98 Å². The highest BCUT2D eigenvalue weighted by atomic mass is 16.4. The average Bonchev–Trinajstić information content (AvgIpc) is 3.23. The predicted molar refractivity (Wildman–Crippen MR) is 90.8 cm³/mol. The maximum atomic E-state index is 12.3. The quantitative estimate of drug-likeness (QED) is 0.597. The molecule has 0 atom stereocenters. The van der Waals surface area contributed by atoms with Crippen LogP contribution in [0.25, 0.3) is 22.8 Å². The monoisotopic (exact) mass is 318 g/mol. The first-order chi connectivity index (χ1) is 11.7. The van der Waals surface area contributed by atoms with E-state index >= 15 is 0 Å². The largest absolute Gasteiger partial charge is 0.459 e. The van der Waals surface area contributed by atoms with Crippen molar-refractivity contribution < 1.29 is 13.6 Å². The van der Waals surface area contributed by atoms with Crippen molar-refractivity contribution in [3.63, 3.8) is 0 Å². The summed E-state index contributed by atoms with van der Waals surface area (Å²) in [7, 11) is 0. The molecule has 1 N–H and O–H groups in total. The SMILES string of the molecule is Cc1cccc(C(=O)Nc2ccc3oc(-c4ccco4)nc3c2)c1. The third kappa shape index (κ3) is 2.67. The molecule has 24 heavy (non-hydrogen) atoms. The number of fused-ring (bicyclic) bond motifs is 1. The number of hydrogen-bond acceptors (Lipinski definition) is 4. The summed E-state index contributed by atoms with van der Waals surface area (Å²) in [5.41, 5.74) is 3.61. The number of benzene rings is 2. The normalized spacial score (nSPS) is 10.9. The number of nitrogens with zero attached hydrogens (tertiary/aromatic N) is 1. The first-order valence-corrected chi connectivity index (χ1v) is 7.51. The van der Waals surface area contributed by atoms with Gasteiger partial charge in [-0.1, -0.05) is 17.7 Å². The summed E-state index contributed by atoms with van der Waals surface area (Å²) in [6.45, 7) is 1.95. The third-order valence-electron chi connectivity index (χ3n) is 3.66. The molecule has 5 heteroatoms. The first kappa shape index (κ1) is 14.3. The molecule has 0 unspecified atom stereocenters. The van der Waals surface area contributed by atoms with Crippen molar-refractivity contribution in [3.05, 3.63) is 72.0 Å². The van der Waals surface area contributed by atoms with Gasteiger partial charge >= 0.3 is 0 Å². The number of carbonyl (C=O) groups excluding carboxylic acids is 1. The van der Waals surface area contributed by atoms with E-state index < -0.39 is 0 Å². The molecule has 0 radical (unpaired) electrons. The van der Waals surface area contributed by atoms with E-state index in [0.717, 1.165) is 5.56 Å². The number of anilines is 1. The van der Waals surface area contributed by atoms with Crippen molar-refractivity contribution in [2.24, 2.45) is 0 Å². The molecule has 2 aromatic carbocycles. The highest BCUT2D eigenvalue weighted by Gasteiger charge is 2.12. The van der Waals surface area contributed by atoms with Crippen LogP contribution in [0.4, 0.5) is 5.69 Å². The standard InChI is InChI=1S/C19H14N2O3/c1-12-4-2-5-13(10-12)18(22)20-14-7-8-16-15(11-14)21-19(24-16)17-6-3-9-23-17/h2-11H,1H3,(H,20,22). The first-order valence-electron chi connectivity index (χ1n) is 7.51. The van der Waals surface area contributed by atoms with E-state index in [4.69, 9.17) is 8.83 Å². The van der Waals surface area contributed by atoms with Crippen LogP contribution >= 0.6 is 0 Å². The van der Waals surface area contributed by atoms with Gasteiger partial charge in [0.05, 0.1) is 6.26 Å². The third-order valence-corrected chi connectivity index (χ3v) is 3.66. The van der Waals surface area contributed by atoms with Gasteiger partial charge in [0.2, 0.25) is 0 Å². The fraction of sp³-hybridized carbons (Fsp3) is 0.0526. The van der Waals surface area contributed by atoms with Crippen molar-refractivity contribution in [2.45, 2.75) is 6.92 Å². The minimum absolute atomic E-state index is 0.159. The zero-order chi connectivity index (χ0) is 16.5. The maximum absolute atomic E-state index is 12.3. The fourth-order valence-electron chi connectivity index (χ4n) is 2.50. The number of amides is 1. The van der Waals surface area contributed by atoms with Gasteiger partial charge in [-0.2, -0.15) is 0 Å². The lowest BCUT2D eigenvalue weighted by Crippen LogP contribution is -2.11. The Kier molecular flexibility index (Phi) is 3.39. The number of hydrogen-bond donors (Lipinski definition) is 1. The number of oxazole rings is 1. The Morgan fingerprint density at radius 3 is 2.79 bits per heavy atom. The van der Waals surface area contributed by atoms with E-state index in [2.05, 4.69) is 10.3 Å². The highest BCUT2D eigenvalue weighted by molar-refractivity contribution is 6.05. The van der Waals surface area contributed by atoms with E-state index in [1.807, 2.05) is 25.1 Å². The summed E-state index contributed by atoms with van der Waals surface area (Å²) in [5, 5.41) is 2.88. The van der Waals surface area contributed by atoms with Gasteiger partial charge in [0.15, 0.2) is 11.3 Å². The number of rotatable bonds is 3. The predicted octanol–water partition coefficient (Wildman–Crippen LogP) is 4.65. The smallest absolute Gasteiger partial charge is 0.263 e. The van der Waals surface area contributed by atoms with E-state index in [-0.39, 0.29) is 5.91 Å². The lowest BCUT2D eigenvalue weighted by Gasteiger charge is -2.05. The van der Waals surface area contributed by atoms with Crippen LogP contribution in [0, 0.1) is 6.92 Å². The molecule has 4 aromatic rings. The molecule has 0 fully saturated rings. The van der Waals surface area contributed by atoms with Crippen molar-refractivity contribution in [2.75, 3.05) is 5.32 Å². The van der Waals surface area contributed by atoms with Crippen LogP contribution in [0.5, 0.6) is 0 Å². The molecule has 1 amide bonds. The number of carbonyl (C=O) groups is 1. The number of nitrogens with one attached hydrogen (secondary N) is 1. The Bertz CT molecular complexity index is 1020. The molecule has 0 bridgehead atoms. The molecule has 5 nitrogen and oxygen atoms in total. The topological polar surface area (TPSA) is 68.3 Å². The second kappa shape index (κ2) is 5.70. The van der Waals surface area contributed by atoms with Gasteiger partial charge in [-0.25, -0.2) is 4.98 Å². The van der Waals surface area contributed by atoms with Crippen LogP contribution in [0.1, 0.15) is 15.9 Å². The van der Waals surface area contributed by atoms with Crippen LogP contribution in [-0.4, -0.2) is 10.9 Å². The molecule has 0 aliphatic carbocycles. The van der Waals surface area contributed by atoms with Crippen LogP contribution < -0.4 is 5.32 Å². The summed E-state index contributed by atoms with van der Waals surface area (Å²) < 4.78 is 10.9. The molecule has 0 aliphatic rings. The molecule has 118 valence electrons. The molecular formula is C19H14N2O3. The summed E-state index contributed by atoms with van der Waals surface area (Å²) in [4.78, 5) is 16.7. The maximum Gasteiger partial charge on any atom is 0.263 e. The van der Waals surface area contributed by atoms with Gasteiger partial charge in [-0.15, -0.1) is 0 Å². The second-order valence-corrected chi connectivity index (χ2v) is 5.50. The summed E-state index contributed by atoms with van der Waals surface area (Å²) >= 11 is 0. The van der Waals surface area contributed by atoms with Crippen LogP contribution in [0.15, 0.2) is 69.7 Å². The van der Waals surface area contributed by atoms with E-state index in [0.29, 0.717) is 34.0 Å². The summed E-state index contributed by atoms with van der Waals surface area (Å²) in [6, 6.07) is 16.3. The molecule has 0 spiro atoms. The van der Waals surface area contributed by atoms with E-state index in [1.165, 1.54) is 0 Å². The average molecular weight is 318 g/mol. The van der Waals surface area contributed by atoms with E-state index in [1.54, 1.807) is 42.7 Å². The van der Waals surface area contributed by atoms with Crippen LogP contribution in [-0.2, 0) is 0 Å². The highest BCUT2D eigenvalue weighted by Crippen LogP contribution is 2.26. The lowest BCUT2D eigenvalue weighted by atomic mass is 10.1. The van der Waals surface area contributed by atoms with E-state index in [9.17, 15) is 4.79 Å². The van der Waals surface area contributed by atoms with Crippen molar-refractivity contribution in [3.8, 4) is 11.7 Å². The van der Waals surface area contributed by atoms with Crippen molar-refractivity contribution >= 4 is 22.7 Å². The Balaban J connectivity index is 1.62. The van der Waals surface area contributed by atoms with Gasteiger partial charge < -0.3 is 14.2 Å². The minimum Gasteiger partial charge on any atom is -0.459 e. The second-order valence-electron chi connectivity index (χ2n) is 5.50. The Labute approximate surface area is 137 Å². The zero-order valence-corrected chi connectivity index (χ0v) is 12.9. The number of aromatic nitrogens is 1. The lowest BCUT2D eigenvalue weighted by molar-refractivity contribution is 0.102. The van der Waals surface area contributed by atoms with Gasteiger partial charge in [0.1, 0.15) is 5.52 Å². The van der Waals surface area contributed by atoms with Crippen LogP contribution in [0.2, 0.25) is 0 Å². The van der Waals surface area contributed by atoms with Gasteiger partial charge in [-0.05, 0) is 49.4 Å². The number of aryl methyl sites for hydroxylation is 1. The molecule has 0 saturated carbocycles. The molecular weight excluding hydrogens is 304 g/mol. The molecule has 4 rings (SSSR count). The zero-order valence-electron chi connectivity index (χ0n) is 12.9. The van der Waals surface area contributed by atoms with Crippen molar-refractivity contribution in [1.29, 1.82) is 0 Å². The Morgan fingerprint density at radius 1 is 1.08 bits per heavy atom. The summed E-state index contributed by atoms with van der Waals surface area (Å²) in [6.07, 6.45) is 1.57. The van der Waals surface area contributed by atoms with Gasteiger partial charge in [0, 0.05) is 11.3 Å².